The Bertz CT molecular complexity index is 861. The highest BCUT2D eigenvalue weighted by atomic mass is 32.1. The van der Waals surface area contributed by atoms with Crippen LogP contribution in [0.5, 0.6) is 10.8 Å². The van der Waals surface area contributed by atoms with Crippen LogP contribution in [-0.4, -0.2) is 10.9 Å². The second-order valence-electron chi connectivity index (χ2n) is 5.21. The van der Waals surface area contributed by atoms with Crippen molar-refractivity contribution < 1.29 is 9.53 Å². The summed E-state index contributed by atoms with van der Waals surface area (Å²) in [6.07, 6.45) is 1.56. The summed E-state index contributed by atoms with van der Waals surface area (Å²) in [6, 6.07) is 15.0. The summed E-state index contributed by atoms with van der Waals surface area (Å²) in [6.45, 7) is 2.41. The van der Waals surface area contributed by atoms with Gasteiger partial charge in [-0.05, 0) is 42.8 Å². The van der Waals surface area contributed by atoms with Gasteiger partial charge in [-0.15, -0.1) is 11.3 Å². The fraction of sp³-hybridized carbons (Fsp3) is 0.111. The van der Waals surface area contributed by atoms with E-state index in [0.29, 0.717) is 12.1 Å². The van der Waals surface area contributed by atoms with Crippen LogP contribution in [0.1, 0.15) is 20.8 Å². The van der Waals surface area contributed by atoms with Gasteiger partial charge in [-0.2, -0.15) is 0 Å². The third kappa shape index (κ3) is 3.72. The normalized spacial score (nSPS) is 10.4. The number of nitrogens with two attached hydrogens (primary N) is 1. The van der Waals surface area contributed by atoms with Crippen LogP contribution in [0.3, 0.4) is 0 Å². The quantitative estimate of drug-likeness (QED) is 0.742. The van der Waals surface area contributed by atoms with Crippen molar-refractivity contribution in [2.75, 3.05) is 5.73 Å². The topological polar surface area (TPSA) is 77.2 Å². The molecule has 0 radical (unpaired) electrons. The molecule has 0 saturated heterocycles. The summed E-state index contributed by atoms with van der Waals surface area (Å²) in [5.74, 6) is 0.818. The van der Waals surface area contributed by atoms with E-state index in [-0.39, 0.29) is 11.7 Å². The number of thiophene rings is 1. The average molecular weight is 339 g/mol. The van der Waals surface area contributed by atoms with Crippen molar-refractivity contribution in [3.63, 3.8) is 0 Å². The third-order valence-electron chi connectivity index (χ3n) is 3.45. The highest BCUT2D eigenvalue weighted by molar-refractivity contribution is 7.13. The second-order valence-corrected chi connectivity index (χ2v) is 6.34. The number of hydrogen-bond donors (Lipinski definition) is 2. The molecule has 5 nitrogen and oxygen atoms in total. The van der Waals surface area contributed by atoms with Gasteiger partial charge in [-0.1, -0.05) is 18.2 Å². The van der Waals surface area contributed by atoms with Gasteiger partial charge in [0, 0.05) is 11.1 Å². The number of nitrogens with zero attached hydrogens (tertiary/aromatic N) is 1. The van der Waals surface area contributed by atoms with Crippen molar-refractivity contribution in [1.82, 2.24) is 10.3 Å². The first-order valence-electron chi connectivity index (χ1n) is 7.44. The molecule has 24 heavy (non-hydrogen) atoms. The predicted molar refractivity (Wildman–Crippen MR) is 95.4 cm³/mol. The number of pyridine rings is 1. The molecule has 0 saturated carbocycles. The average Bonchev–Trinajstić information content (AvgIpc) is 3.03. The lowest BCUT2D eigenvalue weighted by Gasteiger charge is -2.06. The zero-order valence-corrected chi connectivity index (χ0v) is 14.0. The Hall–Kier alpha value is -2.86. The maximum Gasteiger partial charge on any atom is 0.255 e. The molecule has 2 heterocycles. The van der Waals surface area contributed by atoms with Crippen molar-refractivity contribution in [2.45, 2.75) is 13.5 Å². The maximum absolute atomic E-state index is 12.1. The van der Waals surface area contributed by atoms with Crippen molar-refractivity contribution in [2.24, 2.45) is 0 Å². The number of nitrogen functional groups attached to an aromatic ring is 1. The van der Waals surface area contributed by atoms with E-state index >= 15 is 0 Å². The minimum Gasteiger partial charge on any atom is -0.446 e. The van der Waals surface area contributed by atoms with Crippen molar-refractivity contribution >= 4 is 23.1 Å². The Morgan fingerprint density at radius 1 is 1.21 bits per heavy atom. The molecule has 0 unspecified atom stereocenters. The van der Waals surface area contributed by atoms with E-state index in [1.165, 1.54) is 11.3 Å². The van der Waals surface area contributed by atoms with Crippen molar-refractivity contribution in [3.05, 3.63) is 70.7 Å². The number of rotatable bonds is 5. The number of hydrogen-bond acceptors (Lipinski definition) is 5. The highest BCUT2D eigenvalue weighted by Crippen LogP contribution is 2.31. The maximum atomic E-state index is 12.1. The molecule has 122 valence electrons. The molecule has 0 spiro atoms. The number of nitrogens with one attached hydrogen (secondary N) is 1. The first-order valence-corrected chi connectivity index (χ1v) is 8.26. The molecule has 1 aromatic carbocycles. The largest absolute Gasteiger partial charge is 0.446 e. The summed E-state index contributed by atoms with van der Waals surface area (Å²) in [4.78, 5) is 17.0. The Balaban J connectivity index is 1.61. The van der Waals surface area contributed by atoms with Gasteiger partial charge in [-0.3, -0.25) is 4.79 Å². The van der Waals surface area contributed by atoms with Crippen LogP contribution in [0, 0.1) is 6.92 Å². The van der Waals surface area contributed by atoms with Gasteiger partial charge in [0.25, 0.3) is 5.91 Å². The molecule has 3 N–H and O–H groups in total. The number of benzene rings is 1. The van der Waals surface area contributed by atoms with E-state index in [4.69, 9.17) is 10.5 Å². The van der Waals surface area contributed by atoms with E-state index in [9.17, 15) is 4.79 Å². The molecular weight excluding hydrogens is 322 g/mol. The zero-order valence-electron chi connectivity index (χ0n) is 13.2. The smallest absolute Gasteiger partial charge is 0.255 e. The van der Waals surface area contributed by atoms with Gasteiger partial charge in [-0.25, -0.2) is 4.98 Å². The molecular formula is C18H17N3O2S. The van der Waals surface area contributed by atoms with E-state index in [2.05, 4.69) is 10.3 Å². The number of anilines is 1. The number of para-hydroxylation sites is 1. The van der Waals surface area contributed by atoms with Crippen molar-refractivity contribution in [1.29, 1.82) is 0 Å². The highest BCUT2D eigenvalue weighted by Gasteiger charge is 2.10. The molecule has 0 bridgehead atoms. The molecule has 0 aliphatic rings. The third-order valence-corrected chi connectivity index (χ3v) is 4.41. The Labute approximate surface area is 144 Å². The summed E-state index contributed by atoms with van der Waals surface area (Å²) < 4.78 is 5.88. The van der Waals surface area contributed by atoms with Gasteiger partial charge in [0.15, 0.2) is 5.06 Å². The minimum atomic E-state index is -0.240. The minimum absolute atomic E-state index is 0.227. The lowest BCUT2D eigenvalue weighted by molar-refractivity contribution is 0.0952. The Morgan fingerprint density at radius 2 is 2.04 bits per heavy atom. The number of amides is 1. The van der Waals surface area contributed by atoms with E-state index in [1.807, 2.05) is 43.3 Å². The van der Waals surface area contributed by atoms with Gasteiger partial charge in [0.05, 0.1) is 12.1 Å². The molecule has 3 aromatic rings. The standard InChI is InChI=1S/C18H17N3O2S/c1-12-5-2-3-7-15(12)23-16-9-8-13(24-16)11-21-18(22)14-6-4-10-20-17(14)19/h2-10H,11H2,1H3,(H2,19,20)(H,21,22). The number of aryl methyl sites for hydroxylation is 1. The Kier molecular flexibility index (Phi) is 4.77. The monoisotopic (exact) mass is 339 g/mol. The molecule has 2 aromatic heterocycles. The van der Waals surface area contributed by atoms with Gasteiger partial charge in [0.2, 0.25) is 0 Å². The summed E-state index contributed by atoms with van der Waals surface area (Å²) >= 11 is 1.49. The van der Waals surface area contributed by atoms with Gasteiger partial charge >= 0.3 is 0 Å². The molecule has 0 fully saturated rings. The second kappa shape index (κ2) is 7.14. The fourth-order valence-corrected chi connectivity index (χ4v) is 2.97. The summed E-state index contributed by atoms with van der Waals surface area (Å²) in [5, 5.41) is 3.63. The lowest BCUT2D eigenvalue weighted by atomic mass is 10.2. The van der Waals surface area contributed by atoms with Crippen LogP contribution >= 0.6 is 11.3 Å². The van der Waals surface area contributed by atoms with Crippen LogP contribution in [0.15, 0.2) is 54.7 Å². The van der Waals surface area contributed by atoms with Gasteiger partial charge in [0.1, 0.15) is 11.6 Å². The van der Waals surface area contributed by atoms with Crippen LogP contribution in [0.4, 0.5) is 5.82 Å². The van der Waals surface area contributed by atoms with E-state index in [0.717, 1.165) is 21.3 Å². The number of carbonyl (C=O) groups is 1. The van der Waals surface area contributed by atoms with E-state index < -0.39 is 0 Å². The molecule has 0 aliphatic carbocycles. The van der Waals surface area contributed by atoms with Crippen LogP contribution in [0.25, 0.3) is 0 Å². The molecule has 1 amide bonds. The fourth-order valence-electron chi connectivity index (χ4n) is 2.16. The lowest BCUT2D eigenvalue weighted by Crippen LogP contribution is -2.23. The zero-order chi connectivity index (χ0) is 16.9. The SMILES string of the molecule is Cc1ccccc1Oc1ccc(CNC(=O)c2cccnc2N)s1. The first kappa shape index (κ1) is 16.0. The predicted octanol–water partition coefficient (Wildman–Crippen LogP) is 3.76. The summed E-state index contributed by atoms with van der Waals surface area (Å²) in [5.41, 5.74) is 7.16. The molecule has 3 rings (SSSR count). The Morgan fingerprint density at radius 3 is 2.83 bits per heavy atom. The first-order chi connectivity index (χ1) is 11.6. The van der Waals surface area contributed by atoms with Crippen LogP contribution in [0.2, 0.25) is 0 Å². The van der Waals surface area contributed by atoms with Crippen molar-refractivity contribution in [3.8, 4) is 10.8 Å². The van der Waals surface area contributed by atoms with Gasteiger partial charge < -0.3 is 15.8 Å². The number of ether oxygens (including phenoxy) is 1. The molecule has 0 atom stereocenters. The number of carbonyl (C=O) groups excluding carboxylic acids is 1. The molecule has 0 aliphatic heterocycles. The van der Waals surface area contributed by atoms with Crippen LogP contribution < -0.4 is 15.8 Å². The van der Waals surface area contributed by atoms with Crippen LogP contribution in [-0.2, 0) is 6.54 Å². The summed E-state index contributed by atoms with van der Waals surface area (Å²) in [7, 11) is 0. The molecule has 6 heteroatoms. The van der Waals surface area contributed by atoms with E-state index in [1.54, 1.807) is 18.3 Å². The number of aromatic nitrogens is 1.